The summed E-state index contributed by atoms with van der Waals surface area (Å²) < 4.78 is 0. The summed E-state index contributed by atoms with van der Waals surface area (Å²) in [5, 5.41) is 7.82. The van der Waals surface area contributed by atoms with Gasteiger partial charge < -0.3 is 15.2 Å². The van der Waals surface area contributed by atoms with Gasteiger partial charge in [0.2, 0.25) is 0 Å². The molecule has 0 amide bonds. The number of fused-ring (bicyclic) bond motifs is 2. The van der Waals surface area contributed by atoms with E-state index in [0.29, 0.717) is 5.69 Å². The van der Waals surface area contributed by atoms with E-state index in [9.17, 15) is 4.91 Å². The van der Waals surface area contributed by atoms with Gasteiger partial charge in [-0.25, -0.2) is 0 Å². The van der Waals surface area contributed by atoms with Gasteiger partial charge in [-0.15, -0.1) is 0 Å². The average Bonchev–Trinajstić information content (AvgIpc) is 3.38. The highest BCUT2D eigenvalue weighted by molar-refractivity contribution is 5.83. The Balaban J connectivity index is 1.27. The monoisotopic (exact) mass is 397 g/mol. The number of para-hydroxylation sites is 1. The molecule has 4 aromatic rings. The largest absolute Gasteiger partial charge is 0.385 e. The molecule has 2 N–H and O–H groups in total. The second-order valence-electron chi connectivity index (χ2n) is 7.57. The first-order valence-corrected chi connectivity index (χ1v) is 10.3. The van der Waals surface area contributed by atoms with Gasteiger partial charge in [0.1, 0.15) is 6.54 Å². The Morgan fingerprint density at radius 2 is 2.07 bits per heavy atom. The molecule has 3 heterocycles. The van der Waals surface area contributed by atoms with Crippen LogP contribution in [-0.4, -0.2) is 23.1 Å². The lowest BCUT2D eigenvalue weighted by Crippen LogP contribution is -2.13. The molecular formula is C24H23N5O. The van der Waals surface area contributed by atoms with Crippen molar-refractivity contribution in [3.63, 3.8) is 0 Å². The number of hydrogen-bond acceptors (Lipinski definition) is 5. The van der Waals surface area contributed by atoms with E-state index in [-0.39, 0.29) is 6.54 Å². The number of hydrogen-bond donors (Lipinski definition) is 2. The molecule has 2 aromatic heterocycles. The minimum atomic E-state index is 0.105. The topological polar surface area (TPSA) is 73.4 Å². The standard InChI is InChI=1S/C24H23N5O/c30-28-16-20-14-21(8-11-26-20)29-12-9-17-13-19(5-6-24(17)29)25-10-7-18-15-27-23-4-2-1-3-22(18)23/h1-6,8,11,13-15,25,27H,7,9-10,12,16H2. The molecule has 0 radical (unpaired) electrons. The van der Waals surface area contributed by atoms with E-state index < -0.39 is 0 Å². The zero-order chi connectivity index (χ0) is 20.3. The molecule has 0 saturated heterocycles. The summed E-state index contributed by atoms with van der Waals surface area (Å²) in [7, 11) is 0. The first kappa shape index (κ1) is 18.4. The van der Waals surface area contributed by atoms with Gasteiger partial charge in [0.25, 0.3) is 0 Å². The van der Waals surface area contributed by atoms with Crippen LogP contribution in [0.5, 0.6) is 0 Å². The molecule has 0 unspecified atom stereocenters. The lowest BCUT2D eigenvalue weighted by Gasteiger charge is -2.20. The zero-order valence-corrected chi connectivity index (χ0v) is 16.6. The predicted molar refractivity (Wildman–Crippen MR) is 121 cm³/mol. The van der Waals surface area contributed by atoms with Crippen LogP contribution < -0.4 is 10.2 Å². The lowest BCUT2D eigenvalue weighted by atomic mass is 10.1. The van der Waals surface area contributed by atoms with Gasteiger partial charge in [0, 0.05) is 53.4 Å². The maximum absolute atomic E-state index is 10.6. The Labute approximate surface area is 174 Å². The lowest BCUT2D eigenvalue weighted by molar-refractivity contribution is 0.958. The van der Waals surface area contributed by atoms with Crippen molar-refractivity contribution in [2.45, 2.75) is 19.4 Å². The Bertz CT molecular complexity index is 1200. The van der Waals surface area contributed by atoms with Gasteiger partial charge in [-0.2, -0.15) is 4.91 Å². The molecule has 0 bridgehead atoms. The maximum Gasteiger partial charge on any atom is 0.123 e. The summed E-state index contributed by atoms with van der Waals surface area (Å²) in [5.74, 6) is 0. The molecule has 0 spiro atoms. The molecule has 150 valence electrons. The van der Waals surface area contributed by atoms with Crippen LogP contribution in [0.25, 0.3) is 10.9 Å². The van der Waals surface area contributed by atoms with E-state index in [1.54, 1.807) is 6.20 Å². The van der Waals surface area contributed by atoms with E-state index >= 15 is 0 Å². The molecule has 0 aliphatic carbocycles. The number of pyridine rings is 1. The van der Waals surface area contributed by atoms with Gasteiger partial charge in [-0.1, -0.05) is 23.4 Å². The van der Waals surface area contributed by atoms with Crippen LogP contribution in [-0.2, 0) is 19.4 Å². The molecule has 30 heavy (non-hydrogen) atoms. The van der Waals surface area contributed by atoms with E-state index in [4.69, 9.17) is 0 Å². The third-order valence-electron chi connectivity index (χ3n) is 5.71. The number of nitrogens with one attached hydrogen (secondary N) is 2. The number of aromatic nitrogens is 2. The number of nitrogens with zero attached hydrogens (tertiary/aromatic N) is 3. The number of H-pyrrole nitrogens is 1. The van der Waals surface area contributed by atoms with E-state index in [0.717, 1.165) is 37.3 Å². The van der Waals surface area contributed by atoms with Crippen LogP contribution in [0.15, 0.2) is 72.2 Å². The van der Waals surface area contributed by atoms with Gasteiger partial charge in [0.15, 0.2) is 0 Å². The van der Waals surface area contributed by atoms with Crippen molar-refractivity contribution in [1.82, 2.24) is 9.97 Å². The normalized spacial score (nSPS) is 12.9. The highest BCUT2D eigenvalue weighted by atomic mass is 16.3. The molecule has 0 fully saturated rings. The van der Waals surface area contributed by atoms with E-state index in [1.807, 2.05) is 12.1 Å². The molecule has 5 rings (SSSR count). The summed E-state index contributed by atoms with van der Waals surface area (Å²) in [5.41, 5.74) is 7.98. The van der Waals surface area contributed by atoms with Crippen molar-refractivity contribution in [3.05, 3.63) is 88.7 Å². The molecule has 1 aliphatic rings. The van der Waals surface area contributed by atoms with Crippen molar-refractivity contribution < 1.29 is 0 Å². The van der Waals surface area contributed by atoms with Crippen LogP contribution in [0.2, 0.25) is 0 Å². The maximum atomic E-state index is 10.6. The molecule has 6 nitrogen and oxygen atoms in total. The Morgan fingerprint density at radius 1 is 1.13 bits per heavy atom. The zero-order valence-electron chi connectivity index (χ0n) is 16.6. The van der Waals surface area contributed by atoms with Crippen molar-refractivity contribution in [1.29, 1.82) is 0 Å². The minimum absolute atomic E-state index is 0.105. The quantitative estimate of drug-likeness (QED) is 0.422. The number of rotatable bonds is 7. The fourth-order valence-electron chi connectivity index (χ4n) is 4.25. The first-order valence-electron chi connectivity index (χ1n) is 10.3. The molecule has 2 aromatic carbocycles. The van der Waals surface area contributed by atoms with Crippen molar-refractivity contribution in [2.24, 2.45) is 5.18 Å². The molecule has 0 atom stereocenters. The second-order valence-corrected chi connectivity index (χ2v) is 7.57. The highest BCUT2D eigenvalue weighted by Gasteiger charge is 2.21. The van der Waals surface area contributed by atoms with Crippen molar-refractivity contribution in [3.8, 4) is 0 Å². The van der Waals surface area contributed by atoms with Crippen LogP contribution in [0.1, 0.15) is 16.8 Å². The minimum Gasteiger partial charge on any atom is -0.385 e. The summed E-state index contributed by atoms with van der Waals surface area (Å²) >= 11 is 0. The fraction of sp³-hybridized carbons (Fsp3) is 0.208. The van der Waals surface area contributed by atoms with E-state index in [1.165, 1.54) is 27.7 Å². The second kappa shape index (κ2) is 7.99. The molecular weight excluding hydrogens is 374 g/mol. The smallest absolute Gasteiger partial charge is 0.123 e. The summed E-state index contributed by atoms with van der Waals surface area (Å²) in [6.45, 7) is 1.91. The summed E-state index contributed by atoms with van der Waals surface area (Å²) in [4.78, 5) is 20.4. The number of benzene rings is 2. The fourth-order valence-corrected chi connectivity index (χ4v) is 4.25. The predicted octanol–water partition coefficient (Wildman–Crippen LogP) is 5.18. The van der Waals surface area contributed by atoms with Gasteiger partial charge >= 0.3 is 0 Å². The number of anilines is 3. The van der Waals surface area contributed by atoms with Crippen molar-refractivity contribution >= 4 is 28.0 Å². The van der Waals surface area contributed by atoms with Gasteiger partial charge in [-0.3, -0.25) is 4.98 Å². The average molecular weight is 397 g/mol. The number of nitroso groups, excluding NO2 is 1. The molecule has 6 heteroatoms. The Hall–Kier alpha value is -3.67. The SMILES string of the molecule is O=NCc1cc(N2CCc3cc(NCCc4c[nH]c5ccccc45)ccc32)ccn1. The number of aromatic amines is 1. The molecule has 0 saturated carbocycles. The highest BCUT2D eigenvalue weighted by Crippen LogP contribution is 2.36. The first-order chi connectivity index (χ1) is 14.8. The third-order valence-corrected chi connectivity index (χ3v) is 5.71. The van der Waals surface area contributed by atoms with Gasteiger partial charge in [-0.05, 0) is 60.4 Å². The summed E-state index contributed by atoms with van der Waals surface area (Å²) in [6, 6.07) is 18.9. The Morgan fingerprint density at radius 3 is 3.00 bits per heavy atom. The third kappa shape index (κ3) is 3.52. The van der Waals surface area contributed by atoms with Crippen molar-refractivity contribution in [2.75, 3.05) is 23.3 Å². The summed E-state index contributed by atoms with van der Waals surface area (Å²) in [6.07, 6.45) is 5.82. The van der Waals surface area contributed by atoms with Gasteiger partial charge in [0.05, 0.1) is 5.69 Å². The van der Waals surface area contributed by atoms with E-state index in [2.05, 4.69) is 74.0 Å². The van der Waals surface area contributed by atoms with Crippen LogP contribution in [0.3, 0.4) is 0 Å². The Kier molecular flexibility index (Phi) is 4.89. The van der Waals surface area contributed by atoms with Crippen LogP contribution >= 0.6 is 0 Å². The van der Waals surface area contributed by atoms with Crippen LogP contribution in [0.4, 0.5) is 17.1 Å². The molecule has 1 aliphatic heterocycles. The van der Waals surface area contributed by atoms with Crippen LogP contribution in [0, 0.1) is 4.91 Å².